The summed E-state index contributed by atoms with van der Waals surface area (Å²) in [6.45, 7) is 7.79. The molecular weight excluding hydrogens is 444 g/mol. The lowest BCUT2D eigenvalue weighted by molar-refractivity contribution is -0.186. The van der Waals surface area contributed by atoms with Crippen LogP contribution < -0.4 is 4.74 Å². The van der Waals surface area contributed by atoms with Gasteiger partial charge in [-0.3, -0.25) is 9.48 Å². The number of aliphatic hydroxyl groups is 3. The zero-order valence-corrected chi connectivity index (χ0v) is 20.9. The molecule has 0 aliphatic heterocycles. The third-order valence-electron chi connectivity index (χ3n) is 9.85. The van der Waals surface area contributed by atoms with E-state index in [-0.39, 0.29) is 28.6 Å². The number of hydrogen-bond donors (Lipinski definition) is 3. The molecule has 7 heteroatoms. The number of aryl methyl sites for hydroxylation is 1. The summed E-state index contributed by atoms with van der Waals surface area (Å²) in [5, 5.41) is 39.9. The van der Waals surface area contributed by atoms with Crippen LogP contribution in [-0.2, 0) is 11.8 Å². The van der Waals surface area contributed by atoms with Gasteiger partial charge >= 0.3 is 0 Å². The van der Waals surface area contributed by atoms with E-state index in [4.69, 9.17) is 4.74 Å². The third kappa shape index (κ3) is 2.61. The monoisotopic (exact) mass is 478 g/mol. The molecule has 2 saturated carbocycles. The Hall–Kier alpha value is -2.48. The zero-order chi connectivity index (χ0) is 25.1. The number of allylic oxidation sites excluding steroid dienone is 1. The highest BCUT2D eigenvalue weighted by Gasteiger charge is 2.76. The van der Waals surface area contributed by atoms with Gasteiger partial charge in [-0.1, -0.05) is 45.1 Å². The van der Waals surface area contributed by atoms with Crippen LogP contribution in [0.4, 0.5) is 0 Å². The van der Waals surface area contributed by atoms with Crippen molar-refractivity contribution >= 4 is 16.7 Å². The maximum Gasteiger partial charge on any atom is 0.241 e. The zero-order valence-electron chi connectivity index (χ0n) is 20.9. The van der Waals surface area contributed by atoms with Crippen molar-refractivity contribution in [3.8, 4) is 5.88 Å². The molecule has 1 heterocycles. The Bertz CT molecular complexity index is 1310. The van der Waals surface area contributed by atoms with Gasteiger partial charge in [-0.15, -0.1) is 5.10 Å². The number of fused-ring (bicyclic) bond motifs is 4. The minimum Gasteiger partial charge on any atom is -0.465 e. The Kier molecular flexibility index (Phi) is 4.62. The standard InChI is InChI=1S/C28H34N2O5/c1-14-12-27-15(2)10-19-21(26(19,3)4)18(23(27)33)11-16(13-31)22(32)28(27,34)24(14)35-25-17-8-6-7-9-20(17)30(5)29-25/h6-9,11-12,15,18-19,21-22,24,31-32,34H,10,13H2,1-5H3/t15-,18+,19-,21+,22-,24+,27+,28+/m1/s1. The van der Waals surface area contributed by atoms with Crippen molar-refractivity contribution in [1.82, 2.24) is 9.78 Å². The molecule has 2 bridgehead atoms. The van der Waals surface area contributed by atoms with Crippen molar-refractivity contribution in [3.63, 3.8) is 0 Å². The van der Waals surface area contributed by atoms with Gasteiger partial charge < -0.3 is 20.1 Å². The smallest absolute Gasteiger partial charge is 0.241 e. The second-order valence-electron chi connectivity index (χ2n) is 11.8. The molecular formula is C28H34N2O5. The summed E-state index contributed by atoms with van der Waals surface area (Å²) >= 11 is 0. The topological polar surface area (TPSA) is 105 Å². The molecule has 0 saturated heterocycles. The van der Waals surface area contributed by atoms with Gasteiger partial charge in [0, 0.05) is 13.0 Å². The molecule has 35 heavy (non-hydrogen) atoms. The number of hydrogen-bond acceptors (Lipinski definition) is 6. The van der Waals surface area contributed by atoms with Gasteiger partial charge in [0.05, 0.1) is 22.9 Å². The van der Waals surface area contributed by atoms with E-state index in [1.165, 1.54) is 0 Å². The molecule has 2 fully saturated rings. The van der Waals surface area contributed by atoms with E-state index >= 15 is 0 Å². The number of aliphatic hydroxyl groups excluding tert-OH is 2. The Balaban J connectivity index is 1.53. The SMILES string of the molecule is CC1=C[C@]23C(=O)[C@@H](C=C(CO)[C@@H](O)[C@]2(O)[C@H]1Oc1nn(C)c2ccccc12)[C@H]1[C@@H](C[C@H]3C)C1(C)C. The van der Waals surface area contributed by atoms with Gasteiger partial charge in [-0.25, -0.2) is 0 Å². The maximum absolute atomic E-state index is 14.4. The summed E-state index contributed by atoms with van der Waals surface area (Å²) in [6.07, 6.45) is 1.92. The summed E-state index contributed by atoms with van der Waals surface area (Å²) in [7, 11) is 1.82. The Morgan fingerprint density at radius 3 is 2.69 bits per heavy atom. The largest absolute Gasteiger partial charge is 0.465 e. The summed E-state index contributed by atoms with van der Waals surface area (Å²) < 4.78 is 8.16. The van der Waals surface area contributed by atoms with Crippen molar-refractivity contribution in [1.29, 1.82) is 0 Å². The highest BCUT2D eigenvalue weighted by Crippen LogP contribution is 2.71. The Labute approximate surface area is 205 Å². The van der Waals surface area contributed by atoms with Crippen LogP contribution in [0.15, 0.2) is 47.6 Å². The van der Waals surface area contributed by atoms with Crippen LogP contribution in [0.25, 0.3) is 10.9 Å². The van der Waals surface area contributed by atoms with Crippen LogP contribution in [0.3, 0.4) is 0 Å². The molecule has 4 aliphatic carbocycles. The second-order valence-corrected chi connectivity index (χ2v) is 11.8. The Morgan fingerprint density at radius 2 is 1.97 bits per heavy atom. The van der Waals surface area contributed by atoms with E-state index in [0.717, 1.165) is 17.3 Å². The fraction of sp³-hybridized carbons (Fsp3) is 0.571. The van der Waals surface area contributed by atoms with Gasteiger partial charge in [0.2, 0.25) is 5.88 Å². The lowest BCUT2D eigenvalue weighted by atomic mass is 9.59. The molecule has 6 rings (SSSR count). The highest BCUT2D eigenvalue weighted by molar-refractivity contribution is 5.95. The van der Waals surface area contributed by atoms with E-state index in [9.17, 15) is 20.1 Å². The van der Waals surface area contributed by atoms with Gasteiger partial charge in [0.25, 0.3) is 0 Å². The van der Waals surface area contributed by atoms with E-state index in [1.807, 2.05) is 51.2 Å². The number of para-hydroxylation sites is 1. The summed E-state index contributed by atoms with van der Waals surface area (Å²) in [4.78, 5) is 14.4. The fourth-order valence-electron chi connectivity index (χ4n) is 7.97. The normalized spacial score (nSPS) is 41.4. The maximum atomic E-state index is 14.4. The molecule has 1 aromatic carbocycles. The molecule has 0 unspecified atom stereocenters. The molecule has 1 spiro atoms. The summed E-state index contributed by atoms with van der Waals surface area (Å²) in [5.41, 5.74) is -1.45. The van der Waals surface area contributed by atoms with Crippen LogP contribution in [-0.4, -0.2) is 55.3 Å². The quantitative estimate of drug-likeness (QED) is 0.586. The van der Waals surface area contributed by atoms with Crippen molar-refractivity contribution in [2.45, 2.75) is 51.9 Å². The van der Waals surface area contributed by atoms with E-state index < -0.39 is 35.7 Å². The average Bonchev–Trinajstić information content (AvgIpc) is 3.13. The summed E-state index contributed by atoms with van der Waals surface area (Å²) in [5.74, 6) is 0.0425. The Morgan fingerprint density at radius 1 is 1.26 bits per heavy atom. The molecule has 186 valence electrons. The predicted octanol–water partition coefficient (Wildman–Crippen LogP) is 2.79. The molecule has 3 N–H and O–H groups in total. The minimum absolute atomic E-state index is 0.000803. The first-order valence-corrected chi connectivity index (χ1v) is 12.5. The van der Waals surface area contributed by atoms with Crippen LogP contribution in [0.5, 0.6) is 5.88 Å². The highest BCUT2D eigenvalue weighted by atomic mass is 16.5. The van der Waals surface area contributed by atoms with Crippen LogP contribution in [0, 0.1) is 34.5 Å². The lowest BCUT2D eigenvalue weighted by Gasteiger charge is -2.48. The number of ether oxygens (including phenoxy) is 1. The van der Waals surface area contributed by atoms with Crippen LogP contribution in [0.2, 0.25) is 0 Å². The lowest BCUT2D eigenvalue weighted by Crippen LogP contribution is -2.66. The molecule has 8 atom stereocenters. The van der Waals surface area contributed by atoms with E-state index in [0.29, 0.717) is 17.4 Å². The van der Waals surface area contributed by atoms with E-state index in [1.54, 1.807) is 10.8 Å². The number of Topliss-reactive ketones (excluding diaryl/α,β-unsaturated/α-hetero) is 1. The number of rotatable bonds is 3. The van der Waals surface area contributed by atoms with Gasteiger partial charge in [0.15, 0.2) is 17.5 Å². The first kappa shape index (κ1) is 23.0. The van der Waals surface area contributed by atoms with Crippen molar-refractivity contribution < 1.29 is 24.9 Å². The first-order chi connectivity index (χ1) is 16.5. The van der Waals surface area contributed by atoms with Gasteiger partial charge in [-0.05, 0) is 59.8 Å². The minimum atomic E-state index is -1.98. The fourth-order valence-corrected chi connectivity index (χ4v) is 7.97. The van der Waals surface area contributed by atoms with Crippen molar-refractivity contribution in [2.75, 3.05) is 6.61 Å². The number of aromatic nitrogens is 2. The molecule has 7 nitrogen and oxygen atoms in total. The van der Waals surface area contributed by atoms with Crippen LogP contribution >= 0.6 is 0 Å². The van der Waals surface area contributed by atoms with Gasteiger partial charge in [-0.2, -0.15) is 0 Å². The number of carbonyl (C=O) groups is 1. The van der Waals surface area contributed by atoms with Crippen molar-refractivity contribution in [2.24, 2.45) is 41.5 Å². The molecule has 2 aromatic rings. The third-order valence-corrected chi connectivity index (χ3v) is 9.85. The first-order valence-electron chi connectivity index (χ1n) is 12.5. The molecule has 0 radical (unpaired) electrons. The van der Waals surface area contributed by atoms with Crippen LogP contribution in [0.1, 0.15) is 34.1 Å². The van der Waals surface area contributed by atoms with Crippen molar-refractivity contribution in [3.05, 3.63) is 47.6 Å². The number of nitrogens with zero attached hydrogens (tertiary/aromatic N) is 2. The second kappa shape index (κ2) is 7.05. The average molecular weight is 479 g/mol. The van der Waals surface area contributed by atoms with Gasteiger partial charge in [0.1, 0.15) is 6.10 Å². The molecule has 4 aliphatic rings. The summed E-state index contributed by atoms with van der Waals surface area (Å²) in [6, 6.07) is 7.65. The number of carbonyl (C=O) groups excluding carboxylic acids is 1. The molecule has 0 amide bonds. The number of benzene rings is 1. The molecule has 1 aromatic heterocycles. The van der Waals surface area contributed by atoms with E-state index in [2.05, 4.69) is 18.9 Å². The number of ketones is 1. The predicted molar refractivity (Wildman–Crippen MR) is 130 cm³/mol.